The van der Waals surface area contributed by atoms with E-state index in [9.17, 15) is 0 Å². The van der Waals surface area contributed by atoms with E-state index in [2.05, 4.69) is 127 Å². The van der Waals surface area contributed by atoms with Crippen LogP contribution < -0.4 is 0 Å². The van der Waals surface area contributed by atoms with Crippen molar-refractivity contribution in [1.82, 2.24) is 4.90 Å². The molecule has 0 saturated heterocycles. The number of nitrogens with zero attached hydrogens (tertiary/aromatic N) is 1. The van der Waals surface area contributed by atoms with Gasteiger partial charge in [-0.15, -0.1) is 34.9 Å². The smallest absolute Gasteiger partial charge is 0.0707 e. The first-order chi connectivity index (χ1) is 19.8. The van der Waals surface area contributed by atoms with Crippen molar-refractivity contribution in [3.63, 3.8) is 0 Å². The molecule has 1 aromatic rings. The molecule has 220 valence electrons. The Kier molecular flexibility index (Phi) is 13.9. The Morgan fingerprint density at radius 1 is 1.10 bits per heavy atom. The lowest BCUT2D eigenvalue weighted by molar-refractivity contribution is 0.637. The van der Waals surface area contributed by atoms with E-state index in [0.717, 1.165) is 30.8 Å². The SMILES string of the molecule is C=C/C=C(\SC/C(=C/C=C(\C)C/C(=C/C=C(\C)c1ccc(C(C)C2=CC=CCS2)s1)C(C)CC)CCC)C1=CN1C. The molecule has 2 atom stereocenters. The van der Waals surface area contributed by atoms with E-state index in [0.29, 0.717) is 11.8 Å². The zero-order chi connectivity index (χ0) is 29.8. The molecule has 2 unspecified atom stereocenters. The minimum absolute atomic E-state index is 0.469. The Balaban J connectivity index is 1.70. The first kappa shape index (κ1) is 33.4. The predicted molar refractivity (Wildman–Crippen MR) is 192 cm³/mol. The minimum Gasteiger partial charge on any atom is -0.347 e. The van der Waals surface area contributed by atoms with Crippen molar-refractivity contribution in [3.05, 3.63) is 122 Å². The third-order valence-electron chi connectivity index (χ3n) is 7.63. The summed E-state index contributed by atoms with van der Waals surface area (Å²) in [4.78, 5) is 7.79. The first-order valence-corrected chi connectivity index (χ1v) is 17.8. The molecule has 0 aliphatic carbocycles. The molecule has 41 heavy (non-hydrogen) atoms. The van der Waals surface area contributed by atoms with Crippen LogP contribution in [0.5, 0.6) is 0 Å². The van der Waals surface area contributed by atoms with E-state index < -0.39 is 0 Å². The Morgan fingerprint density at radius 3 is 2.51 bits per heavy atom. The van der Waals surface area contributed by atoms with Crippen molar-refractivity contribution in [1.29, 1.82) is 0 Å². The number of thiophene rings is 1. The average Bonchev–Trinajstić information content (AvgIpc) is 3.50. The Morgan fingerprint density at radius 2 is 1.88 bits per heavy atom. The molecule has 4 heteroatoms. The van der Waals surface area contributed by atoms with Crippen molar-refractivity contribution in [2.24, 2.45) is 5.92 Å². The predicted octanol–water partition coefficient (Wildman–Crippen LogP) is 12.1. The number of likely N-dealkylation sites (N-methyl/N-ethyl adjacent to an activating group) is 1. The highest BCUT2D eigenvalue weighted by Gasteiger charge is 2.20. The van der Waals surface area contributed by atoms with Crippen LogP contribution in [-0.4, -0.2) is 23.5 Å². The number of rotatable bonds is 16. The normalized spacial score (nSPS) is 18.3. The maximum atomic E-state index is 3.90. The van der Waals surface area contributed by atoms with E-state index in [1.807, 2.05) is 40.9 Å². The summed E-state index contributed by atoms with van der Waals surface area (Å²) in [6.07, 6.45) is 26.9. The van der Waals surface area contributed by atoms with Crippen molar-refractivity contribution in [2.75, 3.05) is 18.6 Å². The molecule has 0 saturated carbocycles. The van der Waals surface area contributed by atoms with Gasteiger partial charge in [0.1, 0.15) is 0 Å². The second kappa shape index (κ2) is 17.1. The van der Waals surface area contributed by atoms with Crippen LogP contribution in [0, 0.1) is 5.92 Å². The van der Waals surface area contributed by atoms with Gasteiger partial charge in [0, 0.05) is 45.3 Å². The summed E-state index contributed by atoms with van der Waals surface area (Å²) in [7, 11) is 2.10. The molecule has 3 heterocycles. The summed E-state index contributed by atoms with van der Waals surface area (Å²) in [6, 6.07) is 4.63. The molecular weight excluding hydrogens is 555 g/mol. The fraction of sp³-hybridized carbons (Fsp3) is 0.405. The molecule has 0 fully saturated rings. The van der Waals surface area contributed by atoms with Crippen LogP contribution >= 0.6 is 34.9 Å². The third-order valence-corrected chi connectivity index (χ3v) is 11.4. The lowest BCUT2D eigenvalue weighted by Gasteiger charge is -2.15. The Bertz CT molecular complexity index is 1290. The molecule has 0 N–H and O–H groups in total. The van der Waals surface area contributed by atoms with Gasteiger partial charge in [-0.2, -0.15) is 0 Å². The molecule has 1 nitrogen and oxygen atoms in total. The summed E-state index contributed by atoms with van der Waals surface area (Å²) >= 11 is 5.82. The van der Waals surface area contributed by atoms with Crippen molar-refractivity contribution >= 4 is 40.4 Å². The first-order valence-electron chi connectivity index (χ1n) is 15.0. The second-order valence-corrected chi connectivity index (χ2v) is 14.3. The van der Waals surface area contributed by atoms with Gasteiger partial charge in [-0.3, -0.25) is 0 Å². The Labute approximate surface area is 263 Å². The summed E-state index contributed by atoms with van der Waals surface area (Å²) in [5.41, 5.74) is 7.11. The van der Waals surface area contributed by atoms with E-state index in [4.69, 9.17) is 0 Å². The summed E-state index contributed by atoms with van der Waals surface area (Å²) in [6.45, 7) is 17.7. The van der Waals surface area contributed by atoms with Gasteiger partial charge in [0.25, 0.3) is 0 Å². The lowest BCUT2D eigenvalue weighted by Crippen LogP contribution is -1.99. The van der Waals surface area contributed by atoms with Gasteiger partial charge < -0.3 is 4.90 Å². The number of hydrogen-bond donors (Lipinski definition) is 0. The molecule has 0 aromatic carbocycles. The van der Waals surface area contributed by atoms with Crippen molar-refractivity contribution in [3.8, 4) is 0 Å². The minimum atomic E-state index is 0.469. The van der Waals surface area contributed by atoms with E-state index in [-0.39, 0.29) is 0 Å². The van der Waals surface area contributed by atoms with Gasteiger partial charge in [-0.05, 0) is 67.7 Å². The van der Waals surface area contributed by atoms with E-state index >= 15 is 0 Å². The van der Waals surface area contributed by atoms with Gasteiger partial charge in [0.15, 0.2) is 0 Å². The van der Waals surface area contributed by atoms with Crippen LogP contribution in [0.3, 0.4) is 0 Å². The maximum Gasteiger partial charge on any atom is 0.0707 e. The molecule has 1 aromatic heterocycles. The average molecular weight is 604 g/mol. The van der Waals surface area contributed by atoms with Gasteiger partial charge in [0.2, 0.25) is 0 Å². The summed E-state index contributed by atoms with van der Waals surface area (Å²) in [5, 5.41) is 0. The van der Waals surface area contributed by atoms with Gasteiger partial charge in [-0.1, -0.05) is 106 Å². The van der Waals surface area contributed by atoms with Gasteiger partial charge in [-0.25, -0.2) is 0 Å². The van der Waals surface area contributed by atoms with Crippen molar-refractivity contribution < 1.29 is 0 Å². The highest BCUT2D eigenvalue weighted by atomic mass is 32.2. The van der Waals surface area contributed by atoms with Crippen LogP contribution in [0.2, 0.25) is 0 Å². The fourth-order valence-corrected chi connectivity index (χ4v) is 7.84. The standard InChI is InChI=1S/C37H49NS3/c1-9-14-31(26-40-37(15-10-2)33-25-38(33)8)19-17-27(4)24-32(28(5)11-3)20-18-29(6)34-21-22-36(41-34)30(7)35-16-12-13-23-39-35/h10,12-13,15-22,25,28,30H,2,9,11,14,23-24,26H2,1,3-8H3/b27-17+,29-18+,31-19+,32-20-,37-15-. The topological polar surface area (TPSA) is 3.01 Å². The van der Waals surface area contributed by atoms with E-state index in [1.54, 1.807) is 0 Å². The third kappa shape index (κ3) is 10.6. The molecule has 2 aliphatic rings. The molecule has 0 spiro atoms. The van der Waals surface area contributed by atoms with Crippen LogP contribution in [0.25, 0.3) is 5.57 Å². The number of thioether (sulfide) groups is 2. The number of hydrogen-bond acceptors (Lipinski definition) is 4. The summed E-state index contributed by atoms with van der Waals surface area (Å²) < 4.78 is 0. The summed E-state index contributed by atoms with van der Waals surface area (Å²) in [5.74, 6) is 3.14. The lowest BCUT2D eigenvalue weighted by atomic mass is 9.92. The zero-order valence-corrected chi connectivity index (χ0v) is 28.7. The second-order valence-electron chi connectivity index (χ2n) is 11.1. The molecule has 3 rings (SSSR count). The monoisotopic (exact) mass is 603 g/mol. The van der Waals surface area contributed by atoms with Crippen LogP contribution in [-0.2, 0) is 0 Å². The highest BCUT2D eigenvalue weighted by molar-refractivity contribution is 8.03. The Hall–Kier alpha value is -2.14. The highest BCUT2D eigenvalue weighted by Crippen LogP contribution is 2.39. The fourth-order valence-electron chi connectivity index (χ4n) is 4.63. The molecule has 2 aliphatic heterocycles. The van der Waals surface area contributed by atoms with Crippen molar-refractivity contribution in [2.45, 2.75) is 73.1 Å². The largest absolute Gasteiger partial charge is 0.347 e. The maximum absolute atomic E-state index is 3.90. The molecule has 0 amide bonds. The van der Waals surface area contributed by atoms with Crippen LogP contribution in [0.4, 0.5) is 0 Å². The van der Waals surface area contributed by atoms with Crippen LogP contribution in [0.15, 0.2) is 112 Å². The molecule has 0 radical (unpaired) electrons. The number of allylic oxidation sites excluding steroid dienone is 12. The quantitative estimate of drug-likeness (QED) is 0.173. The molecular formula is C37H49NS3. The van der Waals surface area contributed by atoms with Gasteiger partial charge in [0.05, 0.1) is 5.70 Å². The zero-order valence-electron chi connectivity index (χ0n) is 26.2. The van der Waals surface area contributed by atoms with Gasteiger partial charge >= 0.3 is 0 Å². The van der Waals surface area contributed by atoms with E-state index in [1.165, 1.54) is 54.0 Å². The molecule has 0 bridgehead atoms. The van der Waals surface area contributed by atoms with Crippen LogP contribution in [0.1, 0.15) is 82.9 Å².